The highest BCUT2D eigenvalue weighted by Gasteiger charge is 2.56. The van der Waals surface area contributed by atoms with Crippen LogP contribution in [-0.2, 0) is 20.9 Å². The molecule has 1 atom stereocenters. The predicted molar refractivity (Wildman–Crippen MR) is 268 cm³/mol. The van der Waals surface area contributed by atoms with Gasteiger partial charge >= 0.3 is 0 Å². The van der Waals surface area contributed by atoms with Gasteiger partial charge in [0.05, 0.1) is 18.3 Å². The molecule has 1 aromatic heterocycles. The normalized spacial score (nSPS) is 19.4. The number of benzene rings is 4. The second-order valence-electron chi connectivity index (χ2n) is 19.4. The van der Waals surface area contributed by atoms with Gasteiger partial charge < -0.3 is 50.3 Å². The molecule has 4 aromatic carbocycles. The molecule has 16 heteroatoms. The van der Waals surface area contributed by atoms with E-state index >= 15 is 0 Å². The van der Waals surface area contributed by atoms with E-state index in [0.717, 1.165) is 125 Å². The van der Waals surface area contributed by atoms with Crippen molar-refractivity contribution in [1.29, 1.82) is 0 Å². The lowest BCUT2D eigenvalue weighted by molar-refractivity contribution is -0.131. The number of anilines is 4. The Kier molecular flexibility index (Phi) is 13.9. The highest BCUT2D eigenvalue weighted by atomic mass is 19.1. The average Bonchev–Trinajstić information content (AvgIpc) is 4.14. The van der Waals surface area contributed by atoms with E-state index in [1.54, 1.807) is 42.5 Å². The number of aromatic nitrogens is 1. The summed E-state index contributed by atoms with van der Waals surface area (Å²) in [6.45, 7) is 10.5. The predicted octanol–water partition coefficient (Wildman–Crippen LogP) is 7.49. The molecule has 1 aliphatic carbocycles. The Labute approximate surface area is 408 Å². The summed E-state index contributed by atoms with van der Waals surface area (Å²) in [5.74, 6) is 1.33. The van der Waals surface area contributed by atoms with E-state index in [1.165, 1.54) is 24.3 Å². The maximum atomic E-state index is 13.3. The molecule has 4 aliphatic heterocycles. The Morgan fingerprint density at radius 3 is 2.24 bits per heavy atom. The van der Waals surface area contributed by atoms with Crippen molar-refractivity contribution >= 4 is 57.3 Å². The van der Waals surface area contributed by atoms with E-state index in [4.69, 9.17) is 14.5 Å². The first kappa shape index (κ1) is 46.9. The molecule has 15 nitrogen and oxygen atoms in total. The van der Waals surface area contributed by atoms with Gasteiger partial charge in [0.2, 0.25) is 17.7 Å². The fourth-order valence-electron chi connectivity index (χ4n) is 10.5. The average molecular weight is 952 g/mol. The van der Waals surface area contributed by atoms with Crippen molar-refractivity contribution in [3.8, 4) is 17.2 Å². The smallest absolute Gasteiger partial charge is 0.255 e. The van der Waals surface area contributed by atoms with Gasteiger partial charge in [-0.2, -0.15) is 0 Å². The lowest BCUT2D eigenvalue weighted by Crippen LogP contribution is -2.50. The number of carbonyl (C=O) groups excluding carboxylic acids is 4. The highest BCUT2D eigenvalue weighted by Crippen LogP contribution is 2.48. The number of hydrogen-bond acceptors (Lipinski definition) is 11. The fourth-order valence-corrected chi connectivity index (χ4v) is 10.5. The molecule has 0 spiro atoms. The van der Waals surface area contributed by atoms with Crippen LogP contribution in [0.15, 0.2) is 91.1 Å². The van der Waals surface area contributed by atoms with E-state index in [2.05, 4.69) is 48.1 Å². The molecule has 366 valence electrons. The van der Waals surface area contributed by atoms with Crippen LogP contribution in [0, 0.1) is 17.2 Å². The van der Waals surface area contributed by atoms with Crippen LogP contribution < -0.4 is 35.6 Å². The number of nitrogens with zero attached hydrogens (tertiary/aromatic N) is 5. The third-order valence-corrected chi connectivity index (χ3v) is 14.8. The number of fused-ring (bicyclic) bond motifs is 2. The number of carbonyl (C=O) groups is 4. The Balaban J connectivity index is 0.654. The van der Waals surface area contributed by atoms with Crippen LogP contribution in [0.1, 0.15) is 67.3 Å². The van der Waals surface area contributed by atoms with E-state index in [9.17, 15) is 23.6 Å². The molecule has 1 saturated carbocycles. The van der Waals surface area contributed by atoms with Gasteiger partial charge in [-0.25, -0.2) is 4.39 Å². The van der Waals surface area contributed by atoms with Crippen molar-refractivity contribution < 1.29 is 33.0 Å². The minimum atomic E-state index is -1.16. The molecule has 4 amide bonds. The third kappa shape index (κ3) is 10.2. The molecule has 3 saturated heterocycles. The number of nitrogens with one attached hydrogen (secondary N) is 4. The molecular formula is C54H62FN9O6. The fraction of sp³-hybridized carbons (Fsp3) is 0.426. The number of methoxy groups -OCH3 is 1. The topological polar surface area (TPSA) is 161 Å². The summed E-state index contributed by atoms with van der Waals surface area (Å²) in [5.41, 5.74) is 4.37. The molecule has 0 bridgehead atoms. The van der Waals surface area contributed by atoms with Crippen LogP contribution >= 0.6 is 0 Å². The maximum absolute atomic E-state index is 13.3. The Morgan fingerprint density at radius 1 is 0.829 bits per heavy atom. The molecule has 0 radical (unpaired) electrons. The quantitative estimate of drug-likeness (QED) is 0.0540. The Hall–Kier alpha value is -6.78. The molecule has 70 heavy (non-hydrogen) atoms. The molecule has 5 aromatic rings. The molecular weight excluding hydrogens is 890 g/mol. The molecule has 4 fully saturated rings. The monoisotopic (exact) mass is 951 g/mol. The first-order valence-corrected chi connectivity index (χ1v) is 24.9. The summed E-state index contributed by atoms with van der Waals surface area (Å²) in [4.78, 5) is 66.1. The van der Waals surface area contributed by atoms with Crippen molar-refractivity contribution in [2.24, 2.45) is 11.3 Å². The lowest BCUT2D eigenvalue weighted by atomic mass is 9.95. The molecule has 5 heterocycles. The van der Waals surface area contributed by atoms with Crippen molar-refractivity contribution in [2.45, 2.75) is 64.0 Å². The van der Waals surface area contributed by atoms with Crippen LogP contribution in [0.2, 0.25) is 0 Å². The maximum Gasteiger partial charge on any atom is 0.255 e. The zero-order valence-electron chi connectivity index (χ0n) is 39.8. The van der Waals surface area contributed by atoms with Gasteiger partial charge in [-0.3, -0.25) is 24.2 Å². The summed E-state index contributed by atoms with van der Waals surface area (Å²) in [5, 5.41) is 13.0. The highest BCUT2D eigenvalue weighted by molar-refractivity contribution is 6.17. The van der Waals surface area contributed by atoms with Gasteiger partial charge in [0.15, 0.2) is 0 Å². The van der Waals surface area contributed by atoms with Gasteiger partial charge in [0.1, 0.15) is 34.5 Å². The van der Waals surface area contributed by atoms with Gasteiger partial charge in [-0.05, 0) is 143 Å². The van der Waals surface area contributed by atoms with E-state index in [1.807, 2.05) is 24.3 Å². The summed E-state index contributed by atoms with van der Waals surface area (Å²) in [6, 6.07) is 23.9. The van der Waals surface area contributed by atoms with Crippen molar-refractivity contribution in [3.05, 3.63) is 108 Å². The largest absolute Gasteiger partial charge is 0.495 e. The second kappa shape index (κ2) is 20.7. The summed E-state index contributed by atoms with van der Waals surface area (Å²) < 4.78 is 25.7. The number of pyridine rings is 1. The van der Waals surface area contributed by atoms with Crippen LogP contribution in [0.5, 0.6) is 17.2 Å². The molecule has 4 N–H and O–H groups in total. The number of hydrogen-bond donors (Lipinski definition) is 4. The van der Waals surface area contributed by atoms with E-state index < -0.39 is 17.1 Å². The second-order valence-corrected chi connectivity index (χ2v) is 19.4. The number of halogens is 1. The minimum Gasteiger partial charge on any atom is -0.495 e. The van der Waals surface area contributed by atoms with Crippen molar-refractivity contribution in [2.75, 3.05) is 93.4 Å². The molecule has 0 unspecified atom stereocenters. The van der Waals surface area contributed by atoms with E-state index in [0.29, 0.717) is 66.7 Å². The standard InChI is InChI=1S/C54H62FN9O6/c1-69-49-32-42-45(57-24-17-48(42)70-40-15-13-39(14-16-40)60-53(68)54(20-21-54)52(67)59-38-11-9-37(55)10-12-38)33-47(49)63-26-18-36(19-27-63)34-62-30-28-61(29-31-62)25-3-2-22-56-44-7-4-6-41-43(44)35-64(51(41)66)46-8-5-23-58-50(46)65/h4,6-7,9-17,24,32-33,36,46,56H,2-3,5,8,18-23,25-31,34-35H2,1H3,(H,58,65)(H,59,67)(H,60,68)/t46-/m0/s1. The Bertz CT molecular complexity index is 2720. The number of piperidine rings is 2. The number of unbranched alkanes of at least 4 members (excludes halogenated alkanes) is 1. The summed E-state index contributed by atoms with van der Waals surface area (Å²) in [7, 11) is 1.70. The minimum absolute atomic E-state index is 0.0401. The van der Waals surface area contributed by atoms with Gasteiger partial charge in [0, 0.05) is 105 Å². The van der Waals surface area contributed by atoms with Gasteiger partial charge in [0.25, 0.3) is 5.91 Å². The van der Waals surface area contributed by atoms with Gasteiger partial charge in [-0.15, -0.1) is 0 Å². The first-order chi connectivity index (χ1) is 34.1. The summed E-state index contributed by atoms with van der Waals surface area (Å²) in [6.07, 6.45) is 8.60. The number of ether oxygens (including phenoxy) is 2. The number of piperazine rings is 1. The van der Waals surface area contributed by atoms with Crippen LogP contribution in [0.3, 0.4) is 0 Å². The molecule has 10 rings (SSSR count). The lowest BCUT2D eigenvalue weighted by Gasteiger charge is -2.39. The summed E-state index contributed by atoms with van der Waals surface area (Å²) >= 11 is 0. The first-order valence-electron chi connectivity index (χ1n) is 24.9. The number of amides is 4. The van der Waals surface area contributed by atoms with Crippen LogP contribution in [0.4, 0.5) is 27.1 Å². The van der Waals surface area contributed by atoms with Crippen LogP contribution in [-0.4, -0.2) is 122 Å². The zero-order chi connectivity index (χ0) is 48.2. The van der Waals surface area contributed by atoms with Crippen LogP contribution in [0.25, 0.3) is 10.9 Å². The van der Waals surface area contributed by atoms with Crippen molar-refractivity contribution in [3.63, 3.8) is 0 Å². The van der Waals surface area contributed by atoms with E-state index in [-0.39, 0.29) is 23.8 Å². The van der Waals surface area contributed by atoms with Crippen molar-refractivity contribution in [1.82, 2.24) is 25.0 Å². The zero-order valence-corrected chi connectivity index (χ0v) is 39.8. The van der Waals surface area contributed by atoms with Gasteiger partial charge in [-0.1, -0.05) is 6.07 Å². The number of rotatable bonds is 17. The SMILES string of the molecule is COc1cc2c(Oc3ccc(NC(=O)C4(C(=O)Nc5ccc(F)cc5)CC4)cc3)ccnc2cc1N1CCC(CN2CCN(CCCCNc3cccc4c3CN([C@H]3CCCNC3=O)C4=O)CC2)CC1. The molecule has 5 aliphatic rings. The Morgan fingerprint density at radius 2 is 1.54 bits per heavy atom. The third-order valence-electron chi connectivity index (χ3n) is 14.8.